The second-order valence-electron chi connectivity index (χ2n) is 4.60. The topological polar surface area (TPSA) is 21.3 Å². The minimum Gasteiger partial charge on any atom is -0.381 e. The van der Waals surface area contributed by atoms with E-state index in [2.05, 4.69) is 26.1 Å². The molecule has 1 aliphatic heterocycles. The summed E-state index contributed by atoms with van der Waals surface area (Å²) in [6.07, 6.45) is 0. The van der Waals surface area contributed by atoms with Gasteiger partial charge in [0.15, 0.2) is 0 Å². The van der Waals surface area contributed by atoms with Crippen molar-refractivity contribution in [3.8, 4) is 0 Å². The second-order valence-corrected chi connectivity index (χ2v) is 4.60. The van der Waals surface area contributed by atoms with E-state index in [4.69, 9.17) is 4.74 Å². The fourth-order valence-electron chi connectivity index (χ4n) is 0.998. The molecule has 0 unspecified atom stereocenters. The summed E-state index contributed by atoms with van der Waals surface area (Å²) < 4.78 is 5.56. The molecule has 1 saturated heterocycles. The minimum atomic E-state index is 0.317. The Morgan fingerprint density at radius 2 is 2.00 bits per heavy atom. The Labute approximate surface area is 69.3 Å². The standard InChI is InChI=1S/C9H19NO/c1-9(2,3)7-11-6-8-4-10-5-8/h8,10H,4-7H2,1-3H3. The zero-order chi connectivity index (χ0) is 8.32. The Morgan fingerprint density at radius 1 is 1.36 bits per heavy atom. The van der Waals surface area contributed by atoms with E-state index in [0.29, 0.717) is 5.41 Å². The lowest BCUT2D eigenvalue weighted by atomic mass is 9.98. The third kappa shape index (κ3) is 3.73. The first kappa shape index (κ1) is 9.01. The number of nitrogens with one attached hydrogen (secondary N) is 1. The van der Waals surface area contributed by atoms with Gasteiger partial charge < -0.3 is 10.1 Å². The van der Waals surface area contributed by atoms with Crippen LogP contribution in [-0.2, 0) is 4.74 Å². The van der Waals surface area contributed by atoms with E-state index in [0.717, 1.165) is 32.2 Å². The van der Waals surface area contributed by atoms with Crippen molar-refractivity contribution in [3.63, 3.8) is 0 Å². The molecule has 0 atom stereocenters. The van der Waals surface area contributed by atoms with Gasteiger partial charge in [-0.05, 0) is 5.41 Å². The Morgan fingerprint density at radius 3 is 2.36 bits per heavy atom. The van der Waals surface area contributed by atoms with Gasteiger partial charge in [0.25, 0.3) is 0 Å². The van der Waals surface area contributed by atoms with E-state index in [9.17, 15) is 0 Å². The molecule has 0 spiro atoms. The van der Waals surface area contributed by atoms with Crippen molar-refractivity contribution in [1.82, 2.24) is 5.32 Å². The first-order chi connectivity index (χ1) is 5.08. The lowest BCUT2D eigenvalue weighted by molar-refractivity contribution is 0.0354. The Kier molecular flexibility index (Phi) is 2.90. The van der Waals surface area contributed by atoms with E-state index in [1.165, 1.54) is 0 Å². The maximum Gasteiger partial charge on any atom is 0.0518 e. The maximum absolute atomic E-state index is 5.56. The molecule has 11 heavy (non-hydrogen) atoms. The van der Waals surface area contributed by atoms with Crippen LogP contribution < -0.4 is 5.32 Å². The van der Waals surface area contributed by atoms with Crippen molar-refractivity contribution in [2.75, 3.05) is 26.3 Å². The van der Waals surface area contributed by atoms with Crippen LogP contribution in [0.5, 0.6) is 0 Å². The highest BCUT2D eigenvalue weighted by atomic mass is 16.5. The average molecular weight is 157 g/mol. The molecule has 0 aromatic carbocycles. The number of ether oxygens (including phenoxy) is 1. The maximum atomic E-state index is 5.56. The van der Waals surface area contributed by atoms with Gasteiger partial charge in [0.2, 0.25) is 0 Å². The van der Waals surface area contributed by atoms with E-state index in [-0.39, 0.29) is 0 Å². The summed E-state index contributed by atoms with van der Waals surface area (Å²) in [6, 6.07) is 0. The fourth-order valence-corrected chi connectivity index (χ4v) is 0.998. The predicted octanol–water partition coefficient (Wildman–Crippen LogP) is 1.27. The fraction of sp³-hybridized carbons (Fsp3) is 1.00. The summed E-state index contributed by atoms with van der Waals surface area (Å²) in [4.78, 5) is 0. The summed E-state index contributed by atoms with van der Waals surface area (Å²) in [5, 5.41) is 3.23. The molecule has 1 heterocycles. The van der Waals surface area contributed by atoms with Gasteiger partial charge in [-0.2, -0.15) is 0 Å². The molecule has 66 valence electrons. The highest BCUT2D eigenvalue weighted by Crippen LogP contribution is 2.14. The molecule has 1 N–H and O–H groups in total. The number of hydrogen-bond acceptors (Lipinski definition) is 2. The van der Waals surface area contributed by atoms with Gasteiger partial charge in [-0.15, -0.1) is 0 Å². The SMILES string of the molecule is CC(C)(C)COCC1CNC1. The molecule has 1 rings (SSSR count). The van der Waals surface area contributed by atoms with Crippen molar-refractivity contribution < 1.29 is 4.74 Å². The molecule has 1 fully saturated rings. The Bertz CT molecular complexity index is 113. The van der Waals surface area contributed by atoms with Crippen LogP contribution in [-0.4, -0.2) is 26.3 Å². The van der Waals surface area contributed by atoms with Crippen LogP contribution in [0.1, 0.15) is 20.8 Å². The van der Waals surface area contributed by atoms with Crippen LogP contribution in [0.15, 0.2) is 0 Å². The molecule has 0 aromatic rings. The highest BCUT2D eigenvalue weighted by molar-refractivity contribution is 4.74. The van der Waals surface area contributed by atoms with Crippen LogP contribution in [0.3, 0.4) is 0 Å². The molecule has 0 aliphatic carbocycles. The first-order valence-corrected chi connectivity index (χ1v) is 4.36. The number of rotatable bonds is 3. The van der Waals surface area contributed by atoms with Crippen molar-refractivity contribution in [3.05, 3.63) is 0 Å². The van der Waals surface area contributed by atoms with E-state index in [1.807, 2.05) is 0 Å². The molecule has 0 bridgehead atoms. The smallest absolute Gasteiger partial charge is 0.0518 e. The van der Waals surface area contributed by atoms with Crippen LogP contribution >= 0.6 is 0 Å². The third-order valence-corrected chi connectivity index (χ3v) is 1.75. The van der Waals surface area contributed by atoms with Crippen molar-refractivity contribution in [1.29, 1.82) is 0 Å². The molecule has 0 amide bonds. The first-order valence-electron chi connectivity index (χ1n) is 4.36. The second kappa shape index (κ2) is 3.55. The van der Waals surface area contributed by atoms with Crippen LogP contribution in [0.4, 0.5) is 0 Å². The molecule has 0 radical (unpaired) electrons. The van der Waals surface area contributed by atoms with Crippen molar-refractivity contribution >= 4 is 0 Å². The summed E-state index contributed by atoms with van der Waals surface area (Å²) in [5.41, 5.74) is 0.317. The molecule has 0 saturated carbocycles. The Hall–Kier alpha value is -0.0800. The average Bonchev–Trinajstić information content (AvgIpc) is 1.73. The molecule has 2 heteroatoms. The van der Waals surface area contributed by atoms with Gasteiger partial charge in [0.1, 0.15) is 0 Å². The Balaban J connectivity index is 1.95. The van der Waals surface area contributed by atoms with Gasteiger partial charge in [0, 0.05) is 19.0 Å². The van der Waals surface area contributed by atoms with E-state index in [1.54, 1.807) is 0 Å². The summed E-state index contributed by atoms with van der Waals surface area (Å²) in [7, 11) is 0. The molecular formula is C9H19NO. The molecule has 2 nitrogen and oxygen atoms in total. The highest BCUT2D eigenvalue weighted by Gasteiger charge is 2.18. The summed E-state index contributed by atoms with van der Waals surface area (Å²) in [6.45, 7) is 10.7. The predicted molar refractivity (Wildman–Crippen MR) is 46.6 cm³/mol. The molecule has 0 aromatic heterocycles. The van der Waals surface area contributed by atoms with E-state index >= 15 is 0 Å². The lowest BCUT2D eigenvalue weighted by Crippen LogP contribution is -2.44. The number of hydrogen-bond donors (Lipinski definition) is 1. The summed E-state index contributed by atoms with van der Waals surface area (Å²) in [5.74, 6) is 0.775. The monoisotopic (exact) mass is 157 g/mol. The lowest BCUT2D eigenvalue weighted by Gasteiger charge is -2.28. The largest absolute Gasteiger partial charge is 0.381 e. The van der Waals surface area contributed by atoms with Gasteiger partial charge in [0.05, 0.1) is 13.2 Å². The van der Waals surface area contributed by atoms with Crippen molar-refractivity contribution in [2.45, 2.75) is 20.8 Å². The van der Waals surface area contributed by atoms with Gasteiger partial charge >= 0.3 is 0 Å². The van der Waals surface area contributed by atoms with Gasteiger partial charge in [-0.3, -0.25) is 0 Å². The quantitative estimate of drug-likeness (QED) is 0.666. The normalized spacial score (nSPS) is 19.9. The summed E-state index contributed by atoms with van der Waals surface area (Å²) >= 11 is 0. The zero-order valence-electron chi connectivity index (χ0n) is 7.81. The molecule has 1 aliphatic rings. The van der Waals surface area contributed by atoms with Crippen LogP contribution in [0, 0.1) is 11.3 Å². The third-order valence-electron chi connectivity index (χ3n) is 1.75. The van der Waals surface area contributed by atoms with Gasteiger partial charge in [-0.1, -0.05) is 20.8 Å². The van der Waals surface area contributed by atoms with Gasteiger partial charge in [-0.25, -0.2) is 0 Å². The molecular weight excluding hydrogens is 138 g/mol. The van der Waals surface area contributed by atoms with Crippen molar-refractivity contribution in [2.24, 2.45) is 11.3 Å². The zero-order valence-corrected chi connectivity index (χ0v) is 7.81. The van der Waals surface area contributed by atoms with Crippen LogP contribution in [0.2, 0.25) is 0 Å². The van der Waals surface area contributed by atoms with E-state index < -0.39 is 0 Å². The minimum absolute atomic E-state index is 0.317. The van der Waals surface area contributed by atoms with Crippen LogP contribution in [0.25, 0.3) is 0 Å².